The van der Waals surface area contributed by atoms with Crippen LogP contribution in [0, 0.1) is 5.92 Å². The van der Waals surface area contributed by atoms with E-state index < -0.39 is 0 Å². The predicted octanol–water partition coefficient (Wildman–Crippen LogP) is 2.88. The first kappa shape index (κ1) is 18.1. The van der Waals surface area contributed by atoms with E-state index in [9.17, 15) is 9.59 Å². The number of carbonyl (C=O) groups is 2. The van der Waals surface area contributed by atoms with Crippen molar-refractivity contribution in [3.05, 3.63) is 54.6 Å². The van der Waals surface area contributed by atoms with Gasteiger partial charge in [-0.3, -0.25) is 9.59 Å². The van der Waals surface area contributed by atoms with E-state index in [1.807, 2.05) is 54.6 Å². The van der Waals surface area contributed by atoms with Crippen LogP contribution in [-0.4, -0.2) is 36.3 Å². The fourth-order valence-corrected chi connectivity index (χ4v) is 3.38. The van der Waals surface area contributed by atoms with Crippen LogP contribution in [0.15, 0.2) is 54.6 Å². The van der Waals surface area contributed by atoms with Gasteiger partial charge >= 0.3 is 0 Å². The van der Waals surface area contributed by atoms with Crippen molar-refractivity contribution in [2.45, 2.75) is 19.3 Å². The smallest absolute Gasteiger partial charge is 0.225 e. The molecule has 0 unspecified atom stereocenters. The maximum atomic E-state index is 12.4. The number of hydrogen-bond acceptors (Lipinski definition) is 3. The van der Waals surface area contributed by atoms with Gasteiger partial charge in [-0.05, 0) is 37.6 Å². The Morgan fingerprint density at radius 2 is 1.65 bits per heavy atom. The number of nitrogens with two attached hydrogens (primary N) is 1. The van der Waals surface area contributed by atoms with Gasteiger partial charge in [0.2, 0.25) is 11.8 Å². The van der Waals surface area contributed by atoms with Crippen molar-refractivity contribution in [2.24, 2.45) is 11.7 Å². The molecule has 5 heteroatoms. The van der Waals surface area contributed by atoms with Gasteiger partial charge in [-0.25, -0.2) is 0 Å². The lowest BCUT2D eigenvalue weighted by Gasteiger charge is -2.30. The van der Waals surface area contributed by atoms with Gasteiger partial charge in [0.25, 0.3) is 0 Å². The number of nitrogens with zero attached hydrogens (tertiary/aromatic N) is 1. The molecule has 2 aromatic rings. The fourth-order valence-electron chi connectivity index (χ4n) is 3.38. The maximum absolute atomic E-state index is 12.4. The molecule has 0 atom stereocenters. The van der Waals surface area contributed by atoms with Crippen molar-refractivity contribution in [1.29, 1.82) is 0 Å². The quantitative estimate of drug-likeness (QED) is 0.840. The maximum Gasteiger partial charge on any atom is 0.225 e. The van der Waals surface area contributed by atoms with Crippen LogP contribution in [0.25, 0.3) is 11.1 Å². The summed E-state index contributed by atoms with van der Waals surface area (Å²) >= 11 is 0. The number of likely N-dealkylation sites (tertiary alicyclic amines) is 1. The molecular formula is C21H25N3O2. The third kappa shape index (κ3) is 4.70. The molecule has 0 bridgehead atoms. The van der Waals surface area contributed by atoms with Crippen LogP contribution in [-0.2, 0) is 9.59 Å². The zero-order valence-electron chi connectivity index (χ0n) is 14.9. The Balaban J connectivity index is 1.54. The molecule has 3 N–H and O–H groups in total. The van der Waals surface area contributed by atoms with Crippen molar-refractivity contribution >= 4 is 17.5 Å². The molecule has 1 saturated heterocycles. The Morgan fingerprint density at radius 3 is 2.35 bits per heavy atom. The van der Waals surface area contributed by atoms with E-state index in [2.05, 4.69) is 10.2 Å². The zero-order chi connectivity index (χ0) is 18.4. The van der Waals surface area contributed by atoms with Crippen molar-refractivity contribution in [2.75, 3.05) is 25.0 Å². The lowest BCUT2D eigenvalue weighted by atomic mass is 9.96. The molecular weight excluding hydrogens is 326 g/mol. The summed E-state index contributed by atoms with van der Waals surface area (Å²) in [4.78, 5) is 25.8. The fraction of sp³-hybridized carbons (Fsp3) is 0.333. The molecule has 5 nitrogen and oxygen atoms in total. The first-order valence-corrected chi connectivity index (χ1v) is 9.09. The van der Waals surface area contributed by atoms with E-state index in [4.69, 9.17) is 5.73 Å². The van der Waals surface area contributed by atoms with E-state index in [1.54, 1.807) is 0 Å². The third-order valence-electron chi connectivity index (χ3n) is 4.93. The van der Waals surface area contributed by atoms with Gasteiger partial charge in [-0.15, -0.1) is 0 Å². The second-order valence-electron chi connectivity index (χ2n) is 6.73. The third-order valence-corrected chi connectivity index (χ3v) is 4.93. The molecule has 0 spiro atoms. The van der Waals surface area contributed by atoms with Crippen LogP contribution in [0.1, 0.15) is 19.3 Å². The molecule has 0 saturated carbocycles. The zero-order valence-corrected chi connectivity index (χ0v) is 14.9. The second-order valence-corrected chi connectivity index (χ2v) is 6.73. The molecule has 26 heavy (non-hydrogen) atoms. The largest absolute Gasteiger partial charge is 0.369 e. The summed E-state index contributed by atoms with van der Waals surface area (Å²) in [6.07, 6.45) is 2.01. The van der Waals surface area contributed by atoms with Gasteiger partial charge in [-0.2, -0.15) is 0 Å². The number of carbonyl (C=O) groups excluding carboxylic acids is 2. The molecule has 2 aromatic carbocycles. The number of para-hydroxylation sites is 1. The summed E-state index contributed by atoms with van der Waals surface area (Å²) in [5.74, 6) is -0.219. The molecule has 1 aliphatic rings. The monoisotopic (exact) mass is 351 g/mol. The number of primary amides is 1. The molecule has 3 rings (SSSR count). The summed E-state index contributed by atoms with van der Waals surface area (Å²) < 4.78 is 0. The molecule has 0 radical (unpaired) electrons. The highest BCUT2D eigenvalue weighted by Gasteiger charge is 2.23. The highest BCUT2D eigenvalue weighted by Crippen LogP contribution is 2.27. The van der Waals surface area contributed by atoms with Crippen molar-refractivity contribution in [3.63, 3.8) is 0 Å². The highest BCUT2D eigenvalue weighted by atomic mass is 16.2. The SMILES string of the molecule is NC(=O)C1CCN(CCC(=O)Nc2ccccc2-c2ccccc2)CC1. The molecule has 136 valence electrons. The number of hydrogen-bond donors (Lipinski definition) is 2. The molecule has 1 aliphatic heterocycles. The Hall–Kier alpha value is -2.66. The lowest BCUT2D eigenvalue weighted by Crippen LogP contribution is -2.39. The van der Waals surface area contributed by atoms with Gasteiger partial charge in [0.05, 0.1) is 0 Å². The van der Waals surface area contributed by atoms with Gasteiger partial charge in [0.1, 0.15) is 0 Å². The average Bonchev–Trinajstić information content (AvgIpc) is 2.68. The van der Waals surface area contributed by atoms with Crippen LogP contribution < -0.4 is 11.1 Å². The van der Waals surface area contributed by atoms with Crippen molar-refractivity contribution in [3.8, 4) is 11.1 Å². The van der Waals surface area contributed by atoms with Crippen molar-refractivity contribution in [1.82, 2.24) is 4.90 Å². The van der Waals surface area contributed by atoms with Gasteiger partial charge < -0.3 is 16.0 Å². The molecule has 1 heterocycles. The van der Waals surface area contributed by atoms with E-state index in [0.29, 0.717) is 13.0 Å². The second kappa shape index (κ2) is 8.63. The topological polar surface area (TPSA) is 75.4 Å². The number of nitrogens with one attached hydrogen (secondary N) is 1. The molecule has 0 aromatic heterocycles. The Labute approximate surface area is 154 Å². The Bertz CT molecular complexity index is 753. The number of piperidine rings is 1. The normalized spacial score (nSPS) is 15.5. The van der Waals surface area contributed by atoms with E-state index in [0.717, 1.165) is 42.7 Å². The predicted molar refractivity (Wildman–Crippen MR) is 103 cm³/mol. The summed E-state index contributed by atoms with van der Waals surface area (Å²) in [6, 6.07) is 17.9. The van der Waals surface area contributed by atoms with Crippen LogP contribution in [0.5, 0.6) is 0 Å². The van der Waals surface area contributed by atoms with Gasteiger partial charge in [0, 0.05) is 30.1 Å². The average molecular weight is 351 g/mol. The van der Waals surface area contributed by atoms with Crippen LogP contribution in [0.4, 0.5) is 5.69 Å². The van der Waals surface area contributed by atoms with E-state index >= 15 is 0 Å². The molecule has 2 amide bonds. The minimum absolute atomic E-state index is 0.00501. The summed E-state index contributed by atoms with van der Waals surface area (Å²) in [6.45, 7) is 2.34. The van der Waals surface area contributed by atoms with E-state index in [1.165, 1.54) is 0 Å². The Morgan fingerprint density at radius 1 is 1.00 bits per heavy atom. The van der Waals surface area contributed by atoms with Gasteiger partial charge in [-0.1, -0.05) is 48.5 Å². The van der Waals surface area contributed by atoms with Crippen LogP contribution >= 0.6 is 0 Å². The van der Waals surface area contributed by atoms with Crippen molar-refractivity contribution < 1.29 is 9.59 Å². The van der Waals surface area contributed by atoms with E-state index in [-0.39, 0.29) is 17.7 Å². The number of benzene rings is 2. The summed E-state index contributed by atoms with van der Waals surface area (Å²) in [5, 5.41) is 3.04. The number of anilines is 1. The lowest BCUT2D eigenvalue weighted by molar-refractivity contribution is -0.123. The first-order valence-electron chi connectivity index (χ1n) is 9.09. The minimum Gasteiger partial charge on any atom is -0.369 e. The summed E-state index contributed by atoms with van der Waals surface area (Å²) in [5.41, 5.74) is 8.29. The standard InChI is InChI=1S/C21H25N3O2/c22-21(26)17-10-13-24(14-11-17)15-12-20(25)23-19-9-5-4-8-18(19)16-6-2-1-3-7-16/h1-9,17H,10-15H2,(H2,22,26)(H,23,25). The van der Waals surface area contributed by atoms with Gasteiger partial charge in [0.15, 0.2) is 0 Å². The summed E-state index contributed by atoms with van der Waals surface area (Å²) in [7, 11) is 0. The number of rotatable bonds is 6. The first-order chi connectivity index (χ1) is 12.6. The highest BCUT2D eigenvalue weighted by molar-refractivity contribution is 5.95. The molecule has 0 aliphatic carbocycles. The minimum atomic E-state index is -0.208. The number of amides is 2. The molecule has 1 fully saturated rings. The Kier molecular flexibility index (Phi) is 6.02. The van der Waals surface area contributed by atoms with Crippen LogP contribution in [0.2, 0.25) is 0 Å². The van der Waals surface area contributed by atoms with Crippen LogP contribution in [0.3, 0.4) is 0 Å².